The molecule has 1 aromatic rings. The summed E-state index contributed by atoms with van der Waals surface area (Å²) in [6.07, 6.45) is 1.15. The van der Waals surface area contributed by atoms with Crippen molar-refractivity contribution in [2.24, 2.45) is 5.41 Å². The van der Waals surface area contributed by atoms with Crippen LogP contribution in [-0.4, -0.2) is 23.1 Å². The Morgan fingerprint density at radius 2 is 1.87 bits per heavy atom. The number of esters is 1. The zero-order chi connectivity index (χ0) is 17.3. The molecule has 0 fully saturated rings. The minimum Gasteiger partial charge on any atom is -0.459 e. The summed E-state index contributed by atoms with van der Waals surface area (Å²) in [4.78, 5) is 37.5. The van der Waals surface area contributed by atoms with Crippen LogP contribution in [0.5, 0.6) is 0 Å². The third-order valence-corrected chi connectivity index (χ3v) is 4.20. The lowest BCUT2D eigenvalue weighted by atomic mass is 9.78. The van der Waals surface area contributed by atoms with Crippen molar-refractivity contribution in [2.45, 2.75) is 59.0 Å². The Bertz CT molecular complexity index is 639. The summed E-state index contributed by atoms with van der Waals surface area (Å²) >= 11 is 0. The van der Waals surface area contributed by atoms with Crippen LogP contribution in [0.2, 0.25) is 0 Å². The number of ether oxygens (including phenoxy) is 1. The van der Waals surface area contributed by atoms with Gasteiger partial charge in [0.05, 0.1) is 0 Å². The molecule has 4 heteroatoms. The molecule has 4 nitrogen and oxygen atoms in total. The van der Waals surface area contributed by atoms with Gasteiger partial charge in [-0.15, -0.1) is 0 Å². The Morgan fingerprint density at radius 3 is 2.43 bits per heavy atom. The van der Waals surface area contributed by atoms with Crippen LogP contribution in [0.25, 0.3) is 0 Å². The highest BCUT2D eigenvalue weighted by Gasteiger charge is 2.53. The Balaban J connectivity index is 2.36. The van der Waals surface area contributed by atoms with Crippen molar-refractivity contribution in [3.8, 4) is 0 Å². The largest absolute Gasteiger partial charge is 0.459 e. The van der Waals surface area contributed by atoms with E-state index in [1.807, 2.05) is 12.1 Å². The van der Waals surface area contributed by atoms with Crippen molar-refractivity contribution < 1.29 is 19.1 Å². The van der Waals surface area contributed by atoms with Crippen LogP contribution >= 0.6 is 0 Å². The van der Waals surface area contributed by atoms with Gasteiger partial charge in [0.1, 0.15) is 16.8 Å². The summed E-state index contributed by atoms with van der Waals surface area (Å²) in [6, 6.07) is 7.25. The van der Waals surface area contributed by atoms with Gasteiger partial charge in [-0.1, -0.05) is 31.2 Å². The number of carbonyl (C=O) groups excluding carboxylic acids is 3. The summed E-state index contributed by atoms with van der Waals surface area (Å²) in [7, 11) is 0. The second kappa shape index (κ2) is 6.26. The molecule has 0 aromatic heterocycles. The van der Waals surface area contributed by atoms with Crippen molar-refractivity contribution in [3.05, 3.63) is 35.4 Å². The molecule has 0 N–H and O–H groups in total. The average Bonchev–Trinajstić information content (AvgIpc) is 2.77. The van der Waals surface area contributed by atoms with Gasteiger partial charge in [0, 0.05) is 18.4 Å². The minimum atomic E-state index is -1.26. The van der Waals surface area contributed by atoms with E-state index in [9.17, 15) is 14.4 Å². The maximum absolute atomic E-state index is 12.9. The van der Waals surface area contributed by atoms with Gasteiger partial charge in [0.25, 0.3) is 0 Å². The van der Waals surface area contributed by atoms with Crippen LogP contribution in [-0.2, 0) is 20.7 Å². The number of rotatable bonds is 5. The van der Waals surface area contributed by atoms with Gasteiger partial charge in [-0.3, -0.25) is 14.4 Å². The summed E-state index contributed by atoms with van der Waals surface area (Å²) in [6.45, 7) is 7.13. The quantitative estimate of drug-likeness (QED) is 0.616. The molecule has 1 aliphatic rings. The molecule has 0 saturated heterocycles. The number of hydrogen-bond donors (Lipinski definition) is 0. The normalized spacial score (nSPS) is 20.3. The minimum absolute atomic E-state index is 0.0525. The van der Waals surface area contributed by atoms with E-state index < -0.39 is 17.0 Å². The lowest BCUT2D eigenvalue weighted by molar-refractivity contribution is -0.164. The highest BCUT2D eigenvalue weighted by atomic mass is 16.6. The monoisotopic (exact) mass is 316 g/mol. The zero-order valence-electron chi connectivity index (χ0n) is 14.3. The van der Waals surface area contributed by atoms with E-state index >= 15 is 0 Å². The average molecular weight is 316 g/mol. The maximum Gasteiger partial charge on any atom is 0.320 e. The van der Waals surface area contributed by atoms with Gasteiger partial charge in [-0.05, 0) is 39.2 Å². The maximum atomic E-state index is 12.9. The fourth-order valence-electron chi connectivity index (χ4n) is 2.93. The van der Waals surface area contributed by atoms with Crippen LogP contribution in [0, 0.1) is 5.41 Å². The molecule has 0 radical (unpaired) electrons. The van der Waals surface area contributed by atoms with Crippen molar-refractivity contribution in [3.63, 3.8) is 0 Å². The molecular formula is C19H24O4. The molecule has 124 valence electrons. The SMILES string of the molecule is CCC(=O)CCC1(C(=O)OC(C)(C)C)Cc2ccccc2C1=O. The zero-order valence-corrected chi connectivity index (χ0v) is 14.3. The van der Waals surface area contributed by atoms with Crippen LogP contribution in [0.4, 0.5) is 0 Å². The fourth-order valence-corrected chi connectivity index (χ4v) is 2.93. The summed E-state index contributed by atoms with van der Waals surface area (Å²) < 4.78 is 5.52. The highest BCUT2D eigenvalue weighted by Crippen LogP contribution is 2.42. The van der Waals surface area contributed by atoms with Crippen molar-refractivity contribution in [2.75, 3.05) is 0 Å². The molecule has 0 heterocycles. The van der Waals surface area contributed by atoms with Gasteiger partial charge in [0.2, 0.25) is 0 Å². The van der Waals surface area contributed by atoms with Crippen molar-refractivity contribution in [1.29, 1.82) is 0 Å². The second-order valence-electron chi connectivity index (χ2n) is 7.14. The molecule has 0 amide bonds. The third kappa shape index (κ3) is 3.52. The first kappa shape index (κ1) is 17.4. The Labute approximate surface area is 137 Å². The molecule has 0 spiro atoms. The second-order valence-corrected chi connectivity index (χ2v) is 7.14. The topological polar surface area (TPSA) is 60.4 Å². The van der Waals surface area contributed by atoms with E-state index in [0.29, 0.717) is 18.4 Å². The first-order valence-corrected chi connectivity index (χ1v) is 8.07. The van der Waals surface area contributed by atoms with Crippen LogP contribution in [0.3, 0.4) is 0 Å². The standard InChI is InChI=1S/C19H24O4/c1-5-14(20)10-11-19(17(22)23-18(2,3)4)12-13-8-6-7-9-15(13)16(19)21/h6-9H,5,10-12H2,1-4H3. The van der Waals surface area contributed by atoms with E-state index in [-0.39, 0.29) is 24.4 Å². The molecule has 1 aromatic carbocycles. The third-order valence-electron chi connectivity index (χ3n) is 4.20. The molecule has 0 bridgehead atoms. The van der Waals surface area contributed by atoms with Gasteiger partial charge in [-0.25, -0.2) is 0 Å². The predicted molar refractivity (Wildman–Crippen MR) is 87.3 cm³/mol. The number of ketones is 2. The Hall–Kier alpha value is -1.97. The predicted octanol–water partition coefficient (Wildman–Crippen LogP) is 3.51. The number of fused-ring (bicyclic) bond motifs is 1. The summed E-state index contributed by atoms with van der Waals surface area (Å²) in [5.74, 6) is -0.682. The lowest BCUT2D eigenvalue weighted by Crippen LogP contribution is -2.42. The van der Waals surface area contributed by atoms with Crippen molar-refractivity contribution in [1.82, 2.24) is 0 Å². The smallest absolute Gasteiger partial charge is 0.320 e. The summed E-state index contributed by atoms with van der Waals surface area (Å²) in [5, 5.41) is 0. The molecule has 1 aliphatic carbocycles. The number of benzene rings is 1. The highest BCUT2D eigenvalue weighted by molar-refractivity contribution is 6.16. The van der Waals surface area contributed by atoms with Crippen LogP contribution in [0.1, 0.15) is 62.9 Å². The molecular weight excluding hydrogens is 292 g/mol. The van der Waals surface area contributed by atoms with E-state index in [2.05, 4.69) is 0 Å². The van der Waals surface area contributed by atoms with Gasteiger partial charge < -0.3 is 4.74 Å². The first-order chi connectivity index (χ1) is 10.7. The molecule has 1 unspecified atom stereocenters. The first-order valence-electron chi connectivity index (χ1n) is 8.07. The Kier molecular flexibility index (Phi) is 4.73. The van der Waals surface area contributed by atoms with Crippen LogP contribution in [0.15, 0.2) is 24.3 Å². The lowest BCUT2D eigenvalue weighted by Gasteiger charge is -2.29. The van der Waals surface area contributed by atoms with E-state index in [0.717, 1.165) is 5.56 Å². The van der Waals surface area contributed by atoms with Crippen LogP contribution < -0.4 is 0 Å². The molecule has 2 rings (SSSR count). The van der Waals surface area contributed by atoms with E-state index in [1.54, 1.807) is 39.8 Å². The van der Waals surface area contributed by atoms with Gasteiger partial charge in [-0.2, -0.15) is 0 Å². The number of Topliss-reactive ketones (excluding diaryl/α,β-unsaturated/α-hetero) is 2. The fraction of sp³-hybridized carbons (Fsp3) is 0.526. The van der Waals surface area contributed by atoms with Gasteiger partial charge >= 0.3 is 5.97 Å². The van der Waals surface area contributed by atoms with E-state index in [4.69, 9.17) is 4.74 Å². The van der Waals surface area contributed by atoms with Crippen molar-refractivity contribution >= 4 is 17.5 Å². The Morgan fingerprint density at radius 1 is 1.22 bits per heavy atom. The number of carbonyl (C=O) groups is 3. The molecule has 0 saturated carbocycles. The van der Waals surface area contributed by atoms with E-state index in [1.165, 1.54) is 0 Å². The van der Waals surface area contributed by atoms with Gasteiger partial charge in [0.15, 0.2) is 5.78 Å². The molecule has 23 heavy (non-hydrogen) atoms. The number of hydrogen-bond acceptors (Lipinski definition) is 4. The molecule has 1 atom stereocenters. The molecule has 0 aliphatic heterocycles. The summed E-state index contributed by atoms with van der Waals surface area (Å²) in [5.41, 5.74) is -0.509.